The number of nitrogens with zero attached hydrogens (tertiary/aromatic N) is 3. The van der Waals surface area contributed by atoms with Crippen molar-refractivity contribution in [2.45, 2.75) is 19.3 Å². The number of nitriles is 1. The largest absolute Gasteiger partial charge is 0.396 e. The molecule has 1 aromatic heterocycles. The van der Waals surface area contributed by atoms with Gasteiger partial charge in [0.15, 0.2) is 0 Å². The number of nitrogen functional groups attached to an aromatic ring is 1. The molecule has 19 heavy (non-hydrogen) atoms. The Balaban J connectivity index is 1.78. The Morgan fingerprint density at radius 1 is 1.53 bits per heavy atom. The minimum absolute atomic E-state index is 0.498. The molecule has 0 atom stereocenters. The fraction of sp³-hybridized carbons (Fsp3) is 0.571. The van der Waals surface area contributed by atoms with Crippen LogP contribution in [0.2, 0.25) is 0 Å². The molecule has 2 rings (SSSR count). The van der Waals surface area contributed by atoms with Crippen LogP contribution < -0.4 is 11.1 Å². The second-order valence-corrected chi connectivity index (χ2v) is 5.24. The van der Waals surface area contributed by atoms with Gasteiger partial charge in [-0.05, 0) is 51.4 Å². The van der Waals surface area contributed by atoms with Crippen LogP contribution in [0.15, 0.2) is 12.3 Å². The molecule has 0 aromatic carbocycles. The summed E-state index contributed by atoms with van der Waals surface area (Å²) in [5, 5.41) is 12.0. The van der Waals surface area contributed by atoms with Crippen LogP contribution in [0.5, 0.6) is 0 Å². The first kappa shape index (κ1) is 13.6. The van der Waals surface area contributed by atoms with Crippen molar-refractivity contribution >= 4 is 11.5 Å². The first-order chi connectivity index (χ1) is 9.19. The van der Waals surface area contributed by atoms with E-state index in [2.05, 4.69) is 22.2 Å². The van der Waals surface area contributed by atoms with Crippen molar-refractivity contribution in [2.24, 2.45) is 5.92 Å². The van der Waals surface area contributed by atoms with Crippen molar-refractivity contribution in [1.82, 2.24) is 9.88 Å². The highest BCUT2D eigenvalue weighted by atomic mass is 15.1. The van der Waals surface area contributed by atoms with Crippen LogP contribution in [0.3, 0.4) is 0 Å². The average Bonchev–Trinajstić information content (AvgIpc) is 2.42. The third-order valence-electron chi connectivity index (χ3n) is 3.73. The van der Waals surface area contributed by atoms with E-state index in [4.69, 9.17) is 11.0 Å². The lowest BCUT2D eigenvalue weighted by molar-refractivity contribution is 0.215. The Morgan fingerprint density at radius 3 is 2.89 bits per heavy atom. The molecule has 5 nitrogen and oxygen atoms in total. The van der Waals surface area contributed by atoms with Gasteiger partial charge in [-0.2, -0.15) is 5.26 Å². The van der Waals surface area contributed by atoms with Crippen LogP contribution >= 0.6 is 0 Å². The lowest BCUT2D eigenvalue weighted by atomic mass is 9.94. The van der Waals surface area contributed by atoms with Crippen LogP contribution in [0.4, 0.5) is 11.5 Å². The molecule has 0 radical (unpaired) electrons. The fourth-order valence-corrected chi connectivity index (χ4v) is 2.44. The second kappa shape index (κ2) is 6.39. The topological polar surface area (TPSA) is 78.0 Å². The molecule has 1 fully saturated rings. The van der Waals surface area contributed by atoms with Crippen molar-refractivity contribution in [1.29, 1.82) is 5.26 Å². The van der Waals surface area contributed by atoms with Gasteiger partial charge in [0.1, 0.15) is 11.9 Å². The number of anilines is 2. The normalized spacial score (nSPS) is 17.1. The molecule has 0 unspecified atom stereocenters. The summed E-state index contributed by atoms with van der Waals surface area (Å²) in [5.74, 6) is 1.48. The van der Waals surface area contributed by atoms with Crippen LogP contribution in [0.25, 0.3) is 0 Å². The van der Waals surface area contributed by atoms with Gasteiger partial charge in [0.2, 0.25) is 0 Å². The van der Waals surface area contributed by atoms with Crippen molar-refractivity contribution in [2.75, 3.05) is 37.7 Å². The highest BCUT2D eigenvalue weighted by Gasteiger charge is 2.16. The number of nitrogens with one attached hydrogen (secondary N) is 1. The third kappa shape index (κ3) is 3.83. The predicted molar refractivity (Wildman–Crippen MR) is 76.7 cm³/mol. The molecule has 5 heteroatoms. The van der Waals surface area contributed by atoms with Crippen LogP contribution in [0.1, 0.15) is 24.8 Å². The van der Waals surface area contributed by atoms with E-state index in [9.17, 15) is 0 Å². The zero-order chi connectivity index (χ0) is 13.7. The molecule has 0 bridgehead atoms. The number of piperidine rings is 1. The van der Waals surface area contributed by atoms with E-state index >= 15 is 0 Å². The maximum atomic E-state index is 8.75. The highest BCUT2D eigenvalue weighted by Crippen LogP contribution is 2.20. The zero-order valence-electron chi connectivity index (χ0n) is 11.4. The fourth-order valence-electron chi connectivity index (χ4n) is 2.44. The summed E-state index contributed by atoms with van der Waals surface area (Å²) in [5.41, 5.74) is 6.89. The molecule has 2 heterocycles. The summed E-state index contributed by atoms with van der Waals surface area (Å²) in [6.07, 6.45) is 5.24. The average molecular weight is 259 g/mol. The molecular formula is C14H21N5. The molecule has 1 aliphatic heterocycles. The van der Waals surface area contributed by atoms with Crippen molar-refractivity contribution in [3.8, 4) is 6.07 Å². The monoisotopic (exact) mass is 259 g/mol. The Bertz CT molecular complexity index is 457. The summed E-state index contributed by atoms with van der Waals surface area (Å²) in [6.45, 7) is 3.28. The van der Waals surface area contributed by atoms with Gasteiger partial charge in [0.25, 0.3) is 0 Å². The Kier molecular flexibility index (Phi) is 4.58. The molecule has 0 aliphatic carbocycles. The molecule has 0 saturated carbocycles. The van der Waals surface area contributed by atoms with Crippen molar-refractivity contribution in [3.63, 3.8) is 0 Å². The molecule has 0 amide bonds. The predicted octanol–water partition coefficient (Wildman–Crippen LogP) is 1.68. The summed E-state index contributed by atoms with van der Waals surface area (Å²) in [7, 11) is 2.18. The number of hydrogen-bond donors (Lipinski definition) is 2. The standard InChI is InChI=1S/C14H21N5/c1-19-6-3-11(4-7-19)2-5-17-14-13(16)8-12(9-15)10-18-14/h8,10-11H,2-7,16H2,1H3,(H,17,18). The van der Waals surface area contributed by atoms with E-state index in [1.807, 2.05) is 6.07 Å². The molecule has 1 aromatic rings. The number of likely N-dealkylation sites (tertiary alicyclic amines) is 1. The molecular weight excluding hydrogens is 238 g/mol. The minimum atomic E-state index is 0.498. The van der Waals surface area contributed by atoms with Gasteiger partial charge < -0.3 is 16.0 Å². The summed E-state index contributed by atoms with van der Waals surface area (Å²) < 4.78 is 0. The maximum absolute atomic E-state index is 8.75. The van der Waals surface area contributed by atoms with E-state index in [1.165, 1.54) is 25.9 Å². The SMILES string of the molecule is CN1CCC(CCNc2ncc(C#N)cc2N)CC1. The Labute approximate surface area is 114 Å². The van der Waals surface area contributed by atoms with Crippen LogP contribution in [-0.4, -0.2) is 36.6 Å². The lowest BCUT2D eigenvalue weighted by Gasteiger charge is -2.28. The molecule has 0 spiro atoms. The first-order valence-electron chi connectivity index (χ1n) is 6.77. The van der Waals surface area contributed by atoms with Gasteiger partial charge in [-0.1, -0.05) is 0 Å². The van der Waals surface area contributed by atoms with Crippen LogP contribution in [0, 0.1) is 17.2 Å². The van der Waals surface area contributed by atoms with Crippen molar-refractivity contribution < 1.29 is 0 Å². The molecule has 1 aliphatic rings. The van der Waals surface area contributed by atoms with Gasteiger partial charge >= 0.3 is 0 Å². The smallest absolute Gasteiger partial charge is 0.149 e. The van der Waals surface area contributed by atoms with Gasteiger partial charge in [0, 0.05) is 12.7 Å². The quantitative estimate of drug-likeness (QED) is 0.860. The number of rotatable bonds is 4. The summed E-state index contributed by atoms with van der Waals surface area (Å²) in [4.78, 5) is 6.56. The lowest BCUT2D eigenvalue weighted by Crippen LogP contribution is -2.30. The minimum Gasteiger partial charge on any atom is -0.396 e. The second-order valence-electron chi connectivity index (χ2n) is 5.24. The maximum Gasteiger partial charge on any atom is 0.149 e. The van der Waals surface area contributed by atoms with Gasteiger partial charge in [-0.15, -0.1) is 0 Å². The molecule has 3 N–H and O–H groups in total. The first-order valence-corrected chi connectivity index (χ1v) is 6.77. The number of hydrogen-bond acceptors (Lipinski definition) is 5. The van der Waals surface area contributed by atoms with E-state index in [0.29, 0.717) is 17.1 Å². The van der Waals surface area contributed by atoms with Gasteiger partial charge in [-0.25, -0.2) is 4.98 Å². The number of nitrogens with two attached hydrogens (primary N) is 1. The Hall–Kier alpha value is -1.80. The number of aromatic nitrogens is 1. The summed E-state index contributed by atoms with van der Waals surface area (Å²) >= 11 is 0. The highest BCUT2D eigenvalue weighted by molar-refractivity contribution is 5.62. The molecule has 1 saturated heterocycles. The van der Waals surface area contributed by atoms with Crippen molar-refractivity contribution in [3.05, 3.63) is 17.8 Å². The van der Waals surface area contributed by atoms with Gasteiger partial charge in [-0.3, -0.25) is 0 Å². The van der Waals surface area contributed by atoms with E-state index < -0.39 is 0 Å². The van der Waals surface area contributed by atoms with E-state index in [0.717, 1.165) is 18.9 Å². The zero-order valence-corrected chi connectivity index (χ0v) is 11.4. The van der Waals surface area contributed by atoms with Gasteiger partial charge in [0.05, 0.1) is 11.3 Å². The third-order valence-corrected chi connectivity index (χ3v) is 3.73. The van der Waals surface area contributed by atoms with E-state index in [-0.39, 0.29) is 0 Å². The Morgan fingerprint density at radius 2 is 2.26 bits per heavy atom. The van der Waals surface area contributed by atoms with Crippen LogP contribution in [-0.2, 0) is 0 Å². The molecule has 102 valence electrons. The number of pyridine rings is 1. The summed E-state index contributed by atoms with van der Waals surface area (Å²) in [6, 6.07) is 3.69. The van der Waals surface area contributed by atoms with E-state index in [1.54, 1.807) is 12.3 Å².